The first-order valence-electron chi connectivity index (χ1n) is 5.42. The first-order valence-corrected chi connectivity index (χ1v) is 6.30. The minimum absolute atomic E-state index is 0.0714. The smallest absolute Gasteiger partial charge is 0.122 e. The van der Waals surface area contributed by atoms with Crippen LogP contribution in [0.3, 0.4) is 0 Å². The molecule has 0 aliphatic rings. The summed E-state index contributed by atoms with van der Waals surface area (Å²) in [6.45, 7) is 4.17. The number of hydrogen-bond donors (Lipinski definition) is 1. The van der Waals surface area contributed by atoms with Crippen molar-refractivity contribution in [1.29, 1.82) is 0 Å². The average Bonchev–Trinajstić information content (AvgIpc) is 2.74. The van der Waals surface area contributed by atoms with Crippen LogP contribution in [0, 0.1) is 0 Å². The van der Waals surface area contributed by atoms with Crippen LogP contribution in [0.5, 0.6) is 0 Å². The van der Waals surface area contributed by atoms with Crippen LogP contribution in [0.1, 0.15) is 56.0 Å². The molecule has 2 atom stereocenters. The van der Waals surface area contributed by atoms with E-state index in [4.69, 9.17) is 10.5 Å². The van der Waals surface area contributed by atoms with Gasteiger partial charge in [-0.1, -0.05) is 19.8 Å². The van der Waals surface area contributed by atoms with Gasteiger partial charge in [-0.05, 0) is 13.3 Å². The van der Waals surface area contributed by atoms with Gasteiger partial charge in [0, 0.05) is 18.5 Å². The van der Waals surface area contributed by atoms with Crippen LogP contribution in [0.2, 0.25) is 0 Å². The molecule has 0 amide bonds. The highest BCUT2D eigenvalue weighted by atomic mass is 32.1. The number of hydrogen-bond acceptors (Lipinski definition) is 4. The van der Waals surface area contributed by atoms with Crippen LogP contribution < -0.4 is 5.73 Å². The van der Waals surface area contributed by atoms with E-state index in [0.717, 1.165) is 23.5 Å². The zero-order valence-electron chi connectivity index (χ0n) is 9.69. The van der Waals surface area contributed by atoms with Gasteiger partial charge in [-0.15, -0.1) is 11.3 Å². The highest BCUT2D eigenvalue weighted by Crippen LogP contribution is 2.24. The molecule has 2 unspecified atom stereocenters. The number of methoxy groups -OCH3 is 1. The standard InChI is InChI=1S/C11H20N2OS/c1-4-5-6-9(12)10-7-15-11(13-10)8(2)14-3/h7-9H,4-6,12H2,1-3H3. The third kappa shape index (κ3) is 3.55. The molecule has 0 spiro atoms. The van der Waals surface area contributed by atoms with Crippen LogP contribution in [-0.4, -0.2) is 12.1 Å². The van der Waals surface area contributed by atoms with E-state index in [9.17, 15) is 0 Å². The molecule has 0 aliphatic heterocycles. The van der Waals surface area contributed by atoms with Gasteiger partial charge in [-0.25, -0.2) is 4.98 Å². The maximum Gasteiger partial charge on any atom is 0.122 e. The Morgan fingerprint density at radius 1 is 1.60 bits per heavy atom. The molecule has 0 bridgehead atoms. The third-order valence-electron chi connectivity index (χ3n) is 2.49. The van der Waals surface area contributed by atoms with E-state index in [0.29, 0.717) is 0 Å². The van der Waals surface area contributed by atoms with Crippen molar-refractivity contribution < 1.29 is 4.74 Å². The van der Waals surface area contributed by atoms with E-state index in [2.05, 4.69) is 11.9 Å². The Bertz CT molecular complexity index is 288. The molecule has 0 radical (unpaired) electrons. The maximum atomic E-state index is 6.04. The molecule has 0 fully saturated rings. The largest absolute Gasteiger partial charge is 0.375 e. The predicted molar refractivity (Wildman–Crippen MR) is 64.0 cm³/mol. The van der Waals surface area contributed by atoms with E-state index < -0.39 is 0 Å². The molecule has 0 saturated carbocycles. The van der Waals surface area contributed by atoms with Gasteiger partial charge in [-0.2, -0.15) is 0 Å². The Hall–Kier alpha value is -0.450. The number of thiazole rings is 1. The Morgan fingerprint density at radius 2 is 2.33 bits per heavy atom. The summed E-state index contributed by atoms with van der Waals surface area (Å²) >= 11 is 1.63. The summed E-state index contributed by atoms with van der Waals surface area (Å²) in [6, 6.07) is 0.0824. The Balaban J connectivity index is 2.58. The summed E-state index contributed by atoms with van der Waals surface area (Å²) < 4.78 is 5.22. The number of aromatic nitrogens is 1. The van der Waals surface area contributed by atoms with E-state index in [1.165, 1.54) is 6.42 Å². The second-order valence-corrected chi connectivity index (χ2v) is 4.63. The van der Waals surface area contributed by atoms with Gasteiger partial charge in [0.05, 0.1) is 5.69 Å². The van der Waals surface area contributed by atoms with Gasteiger partial charge in [0.2, 0.25) is 0 Å². The molecule has 1 aromatic rings. The van der Waals surface area contributed by atoms with Crippen molar-refractivity contribution in [2.45, 2.75) is 45.3 Å². The van der Waals surface area contributed by atoms with Crippen LogP contribution in [-0.2, 0) is 4.74 Å². The van der Waals surface area contributed by atoms with Gasteiger partial charge in [-0.3, -0.25) is 0 Å². The molecule has 4 heteroatoms. The van der Waals surface area contributed by atoms with Crippen LogP contribution in [0.25, 0.3) is 0 Å². The topological polar surface area (TPSA) is 48.1 Å². The van der Waals surface area contributed by atoms with Crippen molar-refractivity contribution in [2.75, 3.05) is 7.11 Å². The molecule has 0 aromatic carbocycles. The lowest BCUT2D eigenvalue weighted by molar-refractivity contribution is 0.119. The summed E-state index contributed by atoms with van der Waals surface area (Å²) in [5.41, 5.74) is 7.05. The second kappa shape index (κ2) is 6.20. The average molecular weight is 228 g/mol. The lowest BCUT2D eigenvalue weighted by atomic mass is 10.1. The molecule has 1 heterocycles. The minimum atomic E-state index is 0.0714. The van der Waals surface area contributed by atoms with Crippen molar-refractivity contribution >= 4 is 11.3 Å². The zero-order chi connectivity index (χ0) is 11.3. The molecule has 1 aromatic heterocycles. The lowest BCUT2D eigenvalue weighted by Gasteiger charge is -2.08. The molecule has 0 aliphatic carbocycles. The van der Waals surface area contributed by atoms with Gasteiger partial charge in [0.25, 0.3) is 0 Å². The monoisotopic (exact) mass is 228 g/mol. The highest BCUT2D eigenvalue weighted by Gasteiger charge is 2.13. The quantitative estimate of drug-likeness (QED) is 0.814. The zero-order valence-corrected chi connectivity index (χ0v) is 10.5. The summed E-state index contributed by atoms with van der Waals surface area (Å²) in [5.74, 6) is 0. The van der Waals surface area contributed by atoms with Crippen molar-refractivity contribution in [3.05, 3.63) is 16.1 Å². The predicted octanol–water partition coefficient (Wildman–Crippen LogP) is 3.04. The molecule has 2 N–H and O–H groups in total. The molecular formula is C11H20N2OS. The summed E-state index contributed by atoms with van der Waals surface area (Å²) in [5, 5.41) is 3.06. The molecule has 15 heavy (non-hydrogen) atoms. The Morgan fingerprint density at radius 3 is 2.93 bits per heavy atom. The van der Waals surface area contributed by atoms with E-state index in [1.54, 1.807) is 18.4 Å². The fourth-order valence-electron chi connectivity index (χ4n) is 1.33. The third-order valence-corrected chi connectivity index (χ3v) is 3.51. The van der Waals surface area contributed by atoms with Gasteiger partial charge in [0.1, 0.15) is 11.1 Å². The minimum Gasteiger partial charge on any atom is -0.375 e. The van der Waals surface area contributed by atoms with Crippen LogP contribution in [0.15, 0.2) is 5.38 Å². The van der Waals surface area contributed by atoms with Crippen molar-refractivity contribution in [3.8, 4) is 0 Å². The second-order valence-electron chi connectivity index (χ2n) is 3.74. The van der Waals surface area contributed by atoms with E-state index >= 15 is 0 Å². The lowest BCUT2D eigenvalue weighted by Crippen LogP contribution is -2.10. The molecule has 3 nitrogen and oxygen atoms in total. The normalized spacial score (nSPS) is 15.2. The number of nitrogens with zero attached hydrogens (tertiary/aromatic N) is 1. The first-order chi connectivity index (χ1) is 7.19. The Kier molecular flexibility index (Phi) is 5.22. The van der Waals surface area contributed by atoms with Gasteiger partial charge < -0.3 is 10.5 Å². The summed E-state index contributed by atoms with van der Waals surface area (Å²) in [4.78, 5) is 4.50. The fraction of sp³-hybridized carbons (Fsp3) is 0.727. The first kappa shape index (κ1) is 12.6. The number of ether oxygens (including phenoxy) is 1. The van der Waals surface area contributed by atoms with Crippen molar-refractivity contribution in [2.24, 2.45) is 5.73 Å². The Labute approximate surface area is 95.7 Å². The number of unbranched alkanes of at least 4 members (excludes halogenated alkanes) is 1. The van der Waals surface area contributed by atoms with E-state index in [-0.39, 0.29) is 12.1 Å². The van der Waals surface area contributed by atoms with Crippen molar-refractivity contribution in [1.82, 2.24) is 4.98 Å². The van der Waals surface area contributed by atoms with Gasteiger partial charge >= 0.3 is 0 Å². The SMILES string of the molecule is CCCCC(N)c1csc(C(C)OC)n1. The van der Waals surface area contributed by atoms with E-state index in [1.807, 2.05) is 12.3 Å². The number of rotatable bonds is 6. The summed E-state index contributed by atoms with van der Waals surface area (Å²) in [7, 11) is 1.70. The number of nitrogens with two attached hydrogens (primary N) is 1. The molecule has 1 rings (SSSR count). The molecule has 86 valence electrons. The fourth-order valence-corrected chi connectivity index (χ4v) is 2.25. The van der Waals surface area contributed by atoms with Crippen LogP contribution >= 0.6 is 11.3 Å². The molecule has 0 saturated heterocycles. The van der Waals surface area contributed by atoms with Gasteiger partial charge in [0.15, 0.2) is 0 Å². The maximum absolute atomic E-state index is 6.04. The van der Waals surface area contributed by atoms with Crippen LogP contribution in [0.4, 0.5) is 0 Å². The van der Waals surface area contributed by atoms with Crippen molar-refractivity contribution in [3.63, 3.8) is 0 Å². The highest BCUT2D eigenvalue weighted by molar-refractivity contribution is 7.09. The summed E-state index contributed by atoms with van der Waals surface area (Å²) in [6.07, 6.45) is 3.43. The molecular weight excluding hydrogens is 208 g/mol.